The van der Waals surface area contributed by atoms with E-state index in [0.29, 0.717) is 0 Å². The number of carboxylic acid groups (broad SMARTS) is 1. The van der Waals surface area contributed by atoms with Crippen LogP contribution in [0.2, 0.25) is 0 Å². The highest BCUT2D eigenvalue weighted by atomic mass is 16.4. The van der Waals surface area contributed by atoms with Crippen molar-refractivity contribution >= 4 is 11.5 Å². The van der Waals surface area contributed by atoms with Gasteiger partial charge in [0.1, 0.15) is 0 Å². The van der Waals surface area contributed by atoms with Crippen molar-refractivity contribution in [2.24, 2.45) is 0 Å². The summed E-state index contributed by atoms with van der Waals surface area (Å²) in [6.45, 7) is 4.12. The maximum Gasteiger partial charge on any atom is 0.328 e. The summed E-state index contributed by atoms with van der Waals surface area (Å²) in [7, 11) is 0. The number of aryl methyl sites for hydroxylation is 2. The normalized spacial score (nSPS) is 10.6. The third kappa shape index (κ3) is 3.69. The summed E-state index contributed by atoms with van der Waals surface area (Å²) in [5, 5.41) is 8.76. The lowest BCUT2D eigenvalue weighted by Gasteiger charge is -2.13. The molecular weight excluding hydrogens is 260 g/mol. The van der Waals surface area contributed by atoms with E-state index < -0.39 is 5.97 Å². The molecule has 106 valence electrons. The van der Waals surface area contributed by atoms with Crippen LogP contribution in [0.4, 0.5) is 0 Å². The van der Waals surface area contributed by atoms with E-state index in [0.717, 1.165) is 33.9 Å². The van der Waals surface area contributed by atoms with E-state index >= 15 is 0 Å². The molecule has 0 aliphatic rings. The SMILES string of the molecule is Cc1ccccc1C(=C/C=C/C(=O)O)c1ccccc1C. The van der Waals surface area contributed by atoms with Crippen molar-refractivity contribution in [1.82, 2.24) is 0 Å². The van der Waals surface area contributed by atoms with Gasteiger partial charge in [0.05, 0.1) is 0 Å². The molecule has 2 heteroatoms. The van der Waals surface area contributed by atoms with Crippen LogP contribution in [0.15, 0.2) is 66.8 Å². The number of hydrogen-bond acceptors (Lipinski definition) is 1. The fraction of sp³-hybridized carbons (Fsp3) is 0.105. The Bertz CT molecular complexity index is 662. The van der Waals surface area contributed by atoms with Crippen molar-refractivity contribution in [2.45, 2.75) is 13.8 Å². The van der Waals surface area contributed by atoms with Crippen LogP contribution in [0.25, 0.3) is 5.57 Å². The lowest BCUT2D eigenvalue weighted by molar-refractivity contribution is -0.131. The molecule has 0 radical (unpaired) electrons. The molecule has 2 rings (SSSR count). The van der Waals surface area contributed by atoms with Gasteiger partial charge in [-0.05, 0) is 41.7 Å². The molecule has 2 nitrogen and oxygen atoms in total. The summed E-state index contributed by atoms with van der Waals surface area (Å²) in [5.41, 5.74) is 5.58. The zero-order chi connectivity index (χ0) is 15.2. The predicted octanol–water partition coefficient (Wildman–Crippen LogP) is 4.38. The number of aliphatic carboxylic acids is 1. The first-order valence-corrected chi connectivity index (χ1v) is 6.83. The molecule has 0 atom stereocenters. The second-order valence-corrected chi connectivity index (χ2v) is 4.91. The molecule has 0 bridgehead atoms. The second kappa shape index (κ2) is 6.71. The summed E-state index contributed by atoms with van der Waals surface area (Å²) < 4.78 is 0. The molecule has 0 saturated heterocycles. The molecule has 2 aromatic rings. The molecular formula is C19H18O2. The maximum absolute atomic E-state index is 10.7. The molecule has 0 saturated carbocycles. The minimum atomic E-state index is -0.944. The van der Waals surface area contributed by atoms with Crippen molar-refractivity contribution in [3.8, 4) is 0 Å². The van der Waals surface area contributed by atoms with Crippen LogP contribution in [0.3, 0.4) is 0 Å². The molecule has 0 heterocycles. The van der Waals surface area contributed by atoms with Gasteiger partial charge < -0.3 is 5.11 Å². The van der Waals surface area contributed by atoms with Crippen molar-refractivity contribution in [2.75, 3.05) is 0 Å². The van der Waals surface area contributed by atoms with Gasteiger partial charge in [-0.25, -0.2) is 4.79 Å². The fourth-order valence-electron chi connectivity index (χ4n) is 2.30. The molecule has 0 unspecified atom stereocenters. The Morgan fingerprint density at radius 3 is 1.81 bits per heavy atom. The Kier molecular flexibility index (Phi) is 4.72. The molecule has 0 aromatic heterocycles. The maximum atomic E-state index is 10.7. The van der Waals surface area contributed by atoms with Gasteiger partial charge in [-0.3, -0.25) is 0 Å². The Hall–Kier alpha value is -2.61. The van der Waals surface area contributed by atoms with Crippen molar-refractivity contribution in [3.05, 3.63) is 89.0 Å². The third-order valence-corrected chi connectivity index (χ3v) is 3.37. The lowest BCUT2D eigenvalue weighted by atomic mass is 9.91. The number of carboxylic acids is 1. The van der Waals surface area contributed by atoms with E-state index in [4.69, 9.17) is 5.11 Å². The molecule has 0 spiro atoms. The van der Waals surface area contributed by atoms with E-state index in [1.54, 1.807) is 6.08 Å². The molecule has 1 N–H and O–H groups in total. The number of benzene rings is 2. The largest absolute Gasteiger partial charge is 0.478 e. The molecule has 0 aliphatic heterocycles. The minimum absolute atomic E-state index is 0.944. The monoisotopic (exact) mass is 278 g/mol. The van der Waals surface area contributed by atoms with Gasteiger partial charge in [0.15, 0.2) is 0 Å². The highest BCUT2D eigenvalue weighted by Crippen LogP contribution is 2.28. The van der Waals surface area contributed by atoms with Crippen LogP contribution < -0.4 is 0 Å². The zero-order valence-electron chi connectivity index (χ0n) is 12.2. The standard InChI is InChI=1S/C19H18O2/c1-14-8-3-5-10-16(14)18(12-7-13-19(20)21)17-11-6-4-9-15(17)2/h3-13H,1-2H3,(H,20,21)/b13-7+. The summed E-state index contributed by atoms with van der Waals surface area (Å²) >= 11 is 0. The van der Waals surface area contributed by atoms with E-state index in [-0.39, 0.29) is 0 Å². The highest BCUT2D eigenvalue weighted by Gasteiger charge is 2.08. The van der Waals surface area contributed by atoms with Crippen molar-refractivity contribution in [3.63, 3.8) is 0 Å². The minimum Gasteiger partial charge on any atom is -0.478 e. The van der Waals surface area contributed by atoms with Gasteiger partial charge in [0, 0.05) is 6.08 Å². The van der Waals surface area contributed by atoms with E-state index in [2.05, 4.69) is 38.1 Å². The van der Waals surface area contributed by atoms with Gasteiger partial charge >= 0.3 is 5.97 Å². The van der Waals surface area contributed by atoms with Gasteiger partial charge in [-0.2, -0.15) is 0 Å². The number of hydrogen-bond donors (Lipinski definition) is 1. The molecule has 21 heavy (non-hydrogen) atoms. The van der Waals surface area contributed by atoms with Gasteiger partial charge in [0.2, 0.25) is 0 Å². The number of rotatable bonds is 4. The van der Waals surface area contributed by atoms with E-state index in [9.17, 15) is 4.79 Å². The van der Waals surface area contributed by atoms with Crippen LogP contribution in [-0.4, -0.2) is 11.1 Å². The van der Waals surface area contributed by atoms with Crippen molar-refractivity contribution < 1.29 is 9.90 Å². The smallest absolute Gasteiger partial charge is 0.328 e. The van der Waals surface area contributed by atoms with Gasteiger partial charge in [0.25, 0.3) is 0 Å². The highest BCUT2D eigenvalue weighted by molar-refractivity contribution is 5.85. The van der Waals surface area contributed by atoms with E-state index in [1.807, 2.05) is 30.3 Å². The summed E-state index contributed by atoms with van der Waals surface area (Å²) in [5.74, 6) is -0.944. The number of allylic oxidation sites excluding steroid dienone is 2. The van der Waals surface area contributed by atoms with Crippen LogP contribution >= 0.6 is 0 Å². The Morgan fingerprint density at radius 1 is 0.905 bits per heavy atom. The van der Waals surface area contributed by atoms with Gasteiger partial charge in [-0.15, -0.1) is 0 Å². The Morgan fingerprint density at radius 2 is 1.38 bits per heavy atom. The quantitative estimate of drug-likeness (QED) is 0.666. The van der Waals surface area contributed by atoms with Crippen LogP contribution in [0.1, 0.15) is 22.3 Å². The first-order chi connectivity index (χ1) is 10.1. The fourth-order valence-corrected chi connectivity index (χ4v) is 2.30. The third-order valence-electron chi connectivity index (χ3n) is 3.37. The van der Waals surface area contributed by atoms with Crippen LogP contribution in [0.5, 0.6) is 0 Å². The molecule has 0 amide bonds. The molecule has 2 aromatic carbocycles. The van der Waals surface area contributed by atoms with Crippen molar-refractivity contribution in [1.29, 1.82) is 0 Å². The molecule has 0 aliphatic carbocycles. The predicted molar refractivity (Wildman–Crippen MR) is 86.2 cm³/mol. The average molecular weight is 278 g/mol. The second-order valence-electron chi connectivity index (χ2n) is 4.91. The summed E-state index contributed by atoms with van der Waals surface area (Å²) in [6, 6.07) is 16.2. The Balaban J connectivity index is 2.58. The summed E-state index contributed by atoms with van der Waals surface area (Å²) in [4.78, 5) is 10.7. The van der Waals surface area contributed by atoms with Crippen LogP contribution in [0, 0.1) is 13.8 Å². The first kappa shape index (κ1) is 14.8. The first-order valence-electron chi connectivity index (χ1n) is 6.83. The van der Waals surface area contributed by atoms with Crippen LogP contribution in [-0.2, 0) is 4.79 Å². The lowest BCUT2D eigenvalue weighted by Crippen LogP contribution is -1.94. The molecule has 0 fully saturated rings. The summed E-state index contributed by atoms with van der Waals surface area (Å²) in [6.07, 6.45) is 4.59. The Labute approximate surface area is 125 Å². The number of carbonyl (C=O) groups is 1. The zero-order valence-corrected chi connectivity index (χ0v) is 12.2. The van der Waals surface area contributed by atoms with E-state index in [1.165, 1.54) is 0 Å². The average Bonchev–Trinajstić information content (AvgIpc) is 2.45. The topological polar surface area (TPSA) is 37.3 Å². The van der Waals surface area contributed by atoms with Gasteiger partial charge in [-0.1, -0.05) is 60.7 Å².